The van der Waals surface area contributed by atoms with Gasteiger partial charge in [0.25, 0.3) is 5.91 Å². The van der Waals surface area contributed by atoms with Crippen LogP contribution in [0.2, 0.25) is 0 Å². The molecule has 27 heavy (non-hydrogen) atoms. The maximum atomic E-state index is 13.1. The van der Waals surface area contributed by atoms with Crippen molar-refractivity contribution in [2.45, 2.75) is 12.1 Å². The van der Waals surface area contributed by atoms with E-state index < -0.39 is 11.5 Å². The molecule has 1 heterocycles. The fourth-order valence-corrected chi connectivity index (χ4v) is 3.17. The van der Waals surface area contributed by atoms with Crippen molar-refractivity contribution in [2.75, 3.05) is 4.90 Å². The molecule has 0 saturated heterocycles. The lowest BCUT2D eigenvalue weighted by Gasteiger charge is -2.19. The van der Waals surface area contributed by atoms with E-state index in [1.165, 1.54) is 24.3 Å². The summed E-state index contributed by atoms with van der Waals surface area (Å²) in [6, 6.07) is 22.3. The molecule has 1 unspecified atom stereocenters. The highest BCUT2D eigenvalue weighted by Gasteiger charge is 2.48. The van der Waals surface area contributed by atoms with Gasteiger partial charge in [0.15, 0.2) is 0 Å². The molecule has 1 N–H and O–H groups in total. The summed E-state index contributed by atoms with van der Waals surface area (Å²) < 4.78 is 13.1. The van der Waals surface area contributed by atoms with Crippen LogP contribution in [0.3, 0.4) is 0 Å². The van der Waals surface area contributed by atoms with Crippen LogP contribution in [0.1, 0.15) is 16.7 Å². The summed E-state index contributed by atoms with van der Waals surface area (Å²) in [6.45, 7) is 0.344. The number of fused-ring (bicyclic) bond motifs is 1. The molecule has 0 saturated carbocycles. The molecule has 1 aliphatic heterocycles. The molecular weight excluding hydrogens is 341 g/mol. The fourth-order valence-electron chi connectivity index (χ4n) is 3.17. The Balaban J connectivity index is 1.73. The van der Waals surface area contributed by atoms with Gasteiger partial charge in [0.2, 0.25) is 5.60 Å². The van der Waals surface area contributed by atoms with Crippen molar-refractivity contribution in [3.8, 4) is 11.8 Å². The van der Waals surface area contributed by atoms with Crippen LogP contribution in [0.25, 0.3) is 0 Å². The van der Waals surface area contributed by atoms with Crippen molar-refractivity contribution in [1.82, 2.24) is 0 Å². The van der Waals surface area contributed by atoms with Gasteiger partial charge in [-0.3, -0.25) is 4.79 Å². The molecule has 0 radical (unpaired) electrons. The third-order valence-corrected chi connectivity index (χ3v) is 4.55. The molecule has 3 aromatic carbocycles. The molecule has 0 aliphatic carbocycles. The topological polar surface area (TPSA) is 40.5 Å². The van der Waals surface area contributed by atoms with E-state index in [-0.39, 0.29) is 5.82 Å². The molecule has 4 heteroatoms. The van der Waals surface area contributed by atoms with Gasteiger partial charge in [-0.25, -0.2) is 4.39 Å². The number of nitrogens with zero attached hydrogens (tertiary/aromatic N) is 1. The highest BCUT2D eigenvalue weighted by molar-refractivity contribution is 6.09. The minimum absolute atomic E-state index is 0.344. The predicted octanol–water partition coefficient (Wildman–Crippen LogP) is 3.61. The van der Waals surface area contributed by atoms with Crippen molar-refractivity contribution in [1.29, 1.82) is 0 Å². The summed E-state index contributed by atoms with van der Waals surface area (Å²) in [6.07, 6.45) is 0. The lowest BCUT2D eigenvalue weighted by atomic mass is 9.95. The van der Waals surface area contributed by atoms with Gasteiger partial charge in [-0.05, 0) is 41.8 Å². The minimum Gasteiger partial charge on any atom is -0.366 e. The second-order valence-corrected chi connectivity index (χ2v) is 6.36. The Bertz CT molecular complexity index is 1050. The highest BCUT2D eigenvalue weighted by Crippen LogP contribution is 2.40. The maximum absolute atomic E-state index is 13.1. The van der Waals surface area contributed by atoms with Gasteiger partial charge in [-0.2, -0.15) is 0 Å². The van der Waals surface area contributed by atoms with Crippen molar-refractivity contribution in [2.24, 2.45) is 0 Å². The second-order valence-electron chi connectivity index (χ2n) is 6.36. The zero-order valence-electron chi connectivity index (χ0n) is 14.4. The third kappa shape index (κ3) is 3.10. The van der Waals surface area contributed by atoms with Crippen molar-refractivity contribution >= 4 is 11.6 Å². The summed E-state index contributed by atoms with van der Waals surface area (Å²) in [4.78, 5) is 14.6. The first-order chi connectivity index (χ1) is 13.1. The smallest absolute Gasteiger partial charge is 0.276 e. The molecule has 0 aromatic heterocycles. The number of benzene rings is 3. The zero-order valence-corrected chi connectivity index (χ0v) is 14.4. The van der Waals surface area contributed by atoms with Crippen LogP contribution in [-0.2, 0) is 16.9 Å². The number of amides is 1. The van der Waals surface area contributed by atoms with Crippen LogP contribution in [0, 0.1) is 17.7 Å². The first kappa shape index (κ1) is 17.0. The molecule has 132 valence electrons. The summed E-state index contributed by atoms with van der Waals surface area (Å²) in [5.74, 6) is 4.65. The van der Waals surface area contributed by atoms with Crippen LogP contribution < -0.4 is 4.90 Å². The van der Waals surface area contributed by atoms with E-state index >= 15 is 0 Å². The van der Waals surface area contributed by atoms with E-state index in [1.807, 2.05) is 36.4 Å². The van der Waals surface area contributed by atoms with E-state index in [0.717, 1.165) is 5.56 Å². The number of carbonyl (C=O) groups is 1. The molecule has 0 bridgehead atoms. The predicted molar refractivity (Wildman–Crippen MR) is 101 cm³/mol. The van der Waals surface area contributed by atoms with Gasteiger partial charge in [-0.1, -0.05) is 54.5 Å². The van der Waals surface area contributed by atoms with Gasteiger partial charge in [0, 0.05) is 11.1 Å². The van der Waals surface area contributed by atoms with Crippen LogP contribution in [-0.4, -0.2) is 11.0 Å². The number of para-hydroxylation sites is 1. The van der Waals surface area contributed by atoms with Gasteiger partial charge in [0.05, 0.1) is 12.2 Å². The maximum Gasteiger partial charge on any atom is 0.276 e. The van der Waals surface area contributed by atoms with E-state index in [1.54, 1.807) is 23.1 Å². The average molecular weight is 357 g/mol. The number of rotatable bonds is 2. The molecule has 1 aliphatic rings. The van der Waals surface area contributed by atoms with Crippen LogP contribution in [0.4, 0.5) is 10.1 Å². The minimum atomic E-state index is -1.93. The summed E-state index contributed by atoms with van der Waals surface area (Å²) in [7, 11) is 0. The third-order valence-electron chi connectivity index (χ3n) is 4.55. The van der Waals surface area contributed by atoms with E-state index in [0.29, 0.717) is 23.4 Å². The summed E-state index contributed by atoms with van der Waals surface area (Å²) in [5, 5.41) is 11.1. The first-order valence-electron chi connectivity index (χ1n) is 8.54. The molecule has 1 amide bonds. The number of halogens is 1. The molecular formula is C23H16FNO2. The van der Waals surface area contributed by atoms with Crippen LogP contribution in [0.5, 0.6) is 0 Å². The van der Waals surface area contributed by atoms with Gasteiger partial charge in [0.1, 0.15) is 5.82 Å². The summed E-state index contributed by atoms with van der Waals surface area (Å²) in [5.41, 5.74) is 0.649. The molecule has 3 nitrogen and oxygen atoms in total. The van der Waals surface area contributed by atoms with Gasteiger partial charge >= 0.3 is 0 Å². The monoisotopic (exact) mass is 357 g/mol. The van der Waals surface area contributed by atoms with Crippen molar-refractivity contribution in [3.63, 3.8) is 0 Å². The molecule has 1 atom stereocenters. The zero-order chi connectivity index (χ0) is 18.9. The first-order valence-corrected chi connectivity index (χ1v) is 8.54. The standard InChI is InChI=1S/C23H16FNO2/c24-19-12-10-17(11-13-19)14-15-23(27)20-8-4-5-9-21(20)25(22(23)26)16-18-6-2-1-3-7-18/h1-13,27H,16H2. The number of aliphatic hydroxyl groups is 1. The Morgan fingerprint density at radius 2 is 1.59 bits per heavy atom. The molecule has 4 rings (SSSR count). The quantitative estimate of drug-likeness (QED) is 0.712. The molecule has 0 spiro atoms. The number of hydrogen-bond acceptors (Lipinski definition) is 2. The highest BCUT2D eigenvalue weighted by atomic mass is 19.1. The van der Waals surface area contributed by atoms with Gasteiger partial charge in [-0.15, -0.1) is 0 Å². The Kier molecular flexibility index (Phi) is 4.23. The normalized spacial score (nSPS) is 18.0. The Labute approximate surface area is 156 Å². The summed E-state index contributed by atoms with van der Waals surface area (Å²) >= 11 is 0. The molecule has 0 fully saturated rings. The van der Waals surface area contributed by atoms with E-state index in [9.17, 15) is 14.3 Å². The van der Waals surface area contributed by atoms with Crippen LogP contribution >= 0.6 is 0 Å². The number of hydrogen-bond donors (Lipinski definition) is 1. The fraction of sp³-hybridized carbons (Fsp3) is 0.0870. The van der Waals surface area contributed by atoms with Gasteiger partial charge < -0.3 is 10.0 Å². The van der Waals surface area contributed by atoms with E-state index in [2.05, 4.69) is 11.8 Å². The Morgan fingerprint density at radius 1 is 0.926 bits per heavy atom. The Morgan fingerprint density at radius 3 is 2.33 bits per heavy atom. The SMILES string of the molecule is O=C1N(Cc2ccccc2)c2ccccc2C1(O)C#Cc1ccc(F)cc1. The lowest BCUT2D eigenvalue weighted by molar-refractivity contribution is -0.130. The van der Waals surface area contributed by atoms with Crippen LogP contribution in [0.15, 0.2) is 78.9 Å². The number of anilines is 1. The Hall–Kier alpha value is -3.42. The van der Waals surface area contributed by atoms with E-state index in [4.69, 9.17) is 0 Å². The van der Waals surface area contributed by atoms with Crippen molar-refractivity contribution < 1.29 is 14.3 Å². The average Bonchev–Trinajstić information content (AvgIpc) is 2.91. The van der Waals surface area contributed by atoms with Crippen molar-refractivity contribution in [3.05, 3.63) is 101 Å². The number of carbonyl (C=O) groups excluding carboxylic acids is 1. The second kappa shape index (κ2) is 6.71. The lowest BCUT2D eigenvalue weighted by Crippen LogP contribution is -2.39. The molecule has 3 aromatic rings. The largest absolute Gasteiger partial charge is 0.366 e.